The summed E-state index contributed by atoms with van der Waals surface area (Å²) in [4.78, 5) is 25.9. The monoisotopic (exact) mass is 342 g/mol. The fraction of sp³-hybridized carbons (Fsp3) is 0.263. The normalized spacial score (nSPS) is 17.5. The highest BCUT2D eigenvalue weighted by molar-refractivity contribution is 6.30. The number of hydrogen-bond acceptors (Lipinski definition) is 3. The zero-order valence-electron chi connectivity index (χ0n) is 13.2. The number of aryl methyl sites for hydroxylation is 1. The first-order valence-corrected chi connectivity index (χ1v) is 8.42. The van der Waals surface area contributed by atoms with Gasteiger partial charge in [0.15, 0.2) is 0 Å². The number of nitrogens with one attached hydrogen (secondary N) is 1. The van der Waals surface area contributed by atoms with Crippen LogP contribution < -0.4 is 10.2 Å². The summed E-state index contributed by atoms with van der Waals surface area (Å²) in [5, 5.41) is 3.78. The van der Waals surface area contributed by atoms with Gasteiger partial charge in [0.05, 0.1) is 18.2 Å². The number of hydrogen-bond donors (Lipinski definition) is 1. The van der Waals surface area contributed by atoms with Gasteiger partial charge in [-0.25, -0.2) is 4.90 Å². The highest BCUT2D eigenvalue weighted by atomic mass is 35.5. The second kappa shape index (κ2) is 7.60. The van der Waals surface area contributed by atoms with Gasteiger partial charge in [0.1, 0.15) is 0 Å². The van der Waals surface area contributed by atoms with Crippen molar-refractivity contribution in [3.05, 3.63) is 65.2 Å². The van der Waals surface area contributed by atoms with Crippen LogP contribution in [0.2, 0.25) is 5.02 Å². The molecule has 1 atom stereocenters. The topological polar surface area (TPSA) is 49.4 Å². The van der Waals surface area contributed by atoms with Crippen molar-refractivity contribution in [2.24, 2.45) is 0 Å². The maximum absolute atomic E-state index is 12.5. The Bertz CT molecular complexity index is 716. The zero-order valence-corrected chi connectivity index (χ0v) is 14.0. The maximum atomic E-state index is 12.5. The number of carbonyl (C=O) groups is 2. The van der Waals surface area contributed by atoms with Crippen molar-refractivity contribution in [1.29, 1.82) is 0 Å². The average Bonchev–Trinajstić information content (AvgIpc) is 2.88. The molecule has 2 amide bonds. The molecule has 0 aromatic heterocycles. The van der Waals surface area contributed by atoms with Gasteiger partial charge in [0.2, 0.25) is 5.91 Å². The number of nitrogens with zero attached hydrogens (tertiary/aromatic N) is 1. The van der Waals surface area contributed by atoms with E-state index < -0.39 is 6.04 Å². The lowest BCUT2D eigenvalue weighted by Crippen LogP contribution is -2.39. The Morgan fingerprint density at radius 2 is 1.75 bits per heavy atom. The SMILES string of the molecule is O=C1C[C@H](NCCCc2ccccc2)C(=O)N1c1ccc(Cl)cc1. The molecular formula is C19H19ClN2O2. The third kappa shape index (κ3) is 3.83. The van der Waals surface area contributed by atoms with Crippen LogP contribution in [-0.2, 0) is 16.0 Å². The van der Waals surface area contributed by atoms with Crippen molar-refractivity contribution < 1.29 is 9.59 Å². The Hall–Kier alpha value is -2.17. The summed E-state index contributed by atoms with van der Waals surface area (Å²) in [7, 11) is 0. The molecule has 0 bridgehead atoms. The van der Waals surface area contributed by atoms with Gasteiger partial charge in [-0.05, 0) is 49.2 Å². The number of rotatable bonds is 6. The van der Waals surface area contributed by atoms with E-state index in [4.69, 9.17) is 11.6 Å². The summed E-state index contributed by atoms with van der Waals surface area (Å²) >= 11 is 5.85. The molecule has 124 valence electrons. The third-order valence-corrected chi connectivity index (χ3v) is 4.36. The van der Waals surface area contributed by atoms with Gasteiger partial charge >= 0.3 is 0 Å². The average molecular weight is 343 g/mol. The molecule has 1 N–H and O–H groups in total. The Labute approximate surface area is 146 Å². The molecule has 0 spiro atoms. The summed E-state index contributed by atoms with van der Waals surface area (Å²) in [5.41, 5.74) is 1.85. The highest BCUT2D eigenvalue weighted by Gasteiger charge is 2.38. The van der Waals surface area contributed by atoms with Gasteiger partial charge in [-0.2, -0.15) is 0 Å². The predicted molar refractivity (Wildman–Crippen MR) is 95.1 cm³/mol. The van der Waals surface area contributed by atoms with Crippen molar-refractivity contribution in [2.45, 2.75) is 25.3 Å². The lowest BCUT2D eigenvalue weighted by molar-refractivity contribution is -0.121. The molecule has 1 fully saturated rings. The fourth-order valence-corrected chi connectivity index (χ4v) is 2.99. The second-order valence-corrected chi connectivity index (χ2v) is 6.28. The summed E-state index contributed by atoms with van der Waals surface area (Å²) < 4.78 is 0. The van der Waals surface area contributed by atoms with E-state index >= 15 is 0 Å². The molecule has 5 heteroatoms. The number of imide groups is 1. The zero-order chi connectivity index (χ0) is 16.9. The van der Waals surface area contributed by atoms with E-state index in [0.717, 1.165) is 12.8 Å². The van der Waals surface area contributed by atoms with Gasteiger partial charge in [0, 0.05) is 5.02 Å². The lowest BCUT2D eigenvalue weighted by Gasteiger charge is -2.15. The number of carbonyl (C=O) groups excluding carboxylic acids is 2. The Kier molecular flexibility index (Phi) is 5.28. The van der Waals surface area contributed by atoms with Gasteiger partial charge in [0.25, 0.3) is 5.91 Å². The Morgan fingerprint density at radius 3 is 2.46 bits per heavy atom. The van der Waals surface area contributed by atoms with Crippen molar-refractivity contribution in [2.75, 3.05) is 11.4 Å². The van der Waals surface area contributed by atoms with E-state index in [9.17, 15) is 9.59 Å². The smallest absolute Gasteiger partial charge is 0.251 e. The van der Waals surface area contributed by atoms with Crippen LogP contribution in [0.25, 0.3) is 0 Å². The van der Waals surface area contributed by atoms with Gasteiger partial charge in [-0.15, -0.1) is 0 Å². The molecule has 3 rings (SSSR count). The largest absolute Gasteiger partial charge is 0.305 e. The first-order valence-electron chi connectivity index (χ1n) is 8.05. The minimum absolute atomic E-state index is 0.178. The van der Waals surface area contributed by atoms with E-state index in [0.29, 0.717) is 17.3 Å². The van der Waals surface area contributed by atoms with Crippen molar-refractivity contribution in [3.63, 3.8) is 0 Å². The summed E-state index contributed by atoms with van der Waals surface area (Å²) in [6.45, 7) is 0.701. The van der Waals surface area contributed by atoms with Crippen LogP contribution in [0, 0.1) is 0 Å². The molecule has 0 unspecified atom stereocenters. The Morgan fingerprint density at radius 1 is 1.04 bits per heavy atom. The molecule has 0 radical (unpaired) electrons. The van der Waals surface area contributed by atoms with Crippen LogP contribution in [0.1, 0.15) is 18.4 Å². The minimum Gasteiger partial charge on any atom is -0.305 e. The molecule has 1 aliphatic rings. The van der Waals surface area contributed by atoms with Gasteiger partial charge in [-0.3, -0.25) is 9.59 Å². The summed E-state index contributed by atoms with van der Waals surface area (Å²) in [6.07, 6.45) is 2.07. The van der Waals surface area contributed by atoms with Crippen LogP contribution in [0.4, 0.5) is 5.69 Å². The molecule has 2 aromatic carbocycles. The molecule has 0 aliphatic carbocycles. The van der Waals surface area contributed by atoms with E-state index in [-0.39, 0.29) is 18.2 Å². The van der Waals surface area contributed by atoms with Crippen LogP contribution in [0.5, 0.6) is 0 Å². The molecule has 1 saturated heterocycles. The van der Waals surface area contributed by atoms with Gasteiger partial charge in [-0.1, -0.05) is 41.9 Å². The van der Waals surface area contributed by atoms with Crippen molar-refractivity contribution >= 4 is 29.1 Å². The van der Waals surface area contributed by atoms with E-state index in [2.05, 4.69) is 17.4 Å². The molecule has 4 nitrogen and oxygen atoms in total. The highest BCUT2D eigenvalue weighted by Crippen LogP contribution is 2.24. The van der Waals surface area contributed by atoms with Crippen molar-refractivity contribution in [3.8, 4) is 0 Å². The fourth-order valence-electron chi connectivity index (χ4n) is 2.87. The van der Waals surface area contributed by atoms with Crippen LogP contribution in [0.15, 0.2) is 54.6 Å². The first kappa shape index (κ1) is 16.7. The van der Waals surface area contributed by atoms with Crippen LogP contribution in [-0.4, -0.2) is 24.4 Å². The molecular weight excluding hydrogens is 324 g/mol. The minimum atomic E-state index is -0.441. The van der Waals surface area contributed by atoms with E-state index in [1.807, 2.05) is 18.2 Å². The maximum Gasteiger partial charge on any atom is 0.251 e. The summed E-state index contributed by atoms with van der Waals surface area (Å²) in [5.74, 6) is -0.370. The lowest BCUT2D eigenvalue weighted by atomic mass is 10.1. The first-order chi connectivity index (χ1) is 11.6. The Balaban J connectivity index is 1.53. The number of amides is 2. The standard InChI is InChI=1S/C19H19ClN2O2/c20-15-8-10-16(11-9-15)22-18(23)13-17(19(22)24)21-12-4-7-14-5-2-1-3-6-14/h1-3,5-6,8-11,17,21H,4,7,12-13H2/t17-/m0/s1. The predicted octanol–water partition coefficient (Wildman–Crippen LogP) is 3.19. The number of halogens is 1. The quantitative estimate of drug-likeness (QED) is 0.648. The third-order valence-electron chi connectivity index (χ3n) is 4.11. The summed E-state index contributed by atoms with van der Waals surface area (Å²) in [6, 6.07) is 16.5. The molecule has 0 saturated carbocycles. The second-order valence-electron chi connectivity index (χ2n) is 5.84. The molecule has 1 heterocycles. The number of anilines is 1. The molecule has 24 heavy (non-hydrogen) atoms. The van der Waals surface area contributed by atoms with E-state index in [1.54, 1.807) is 24.3 Å². The van der Waals surface area contributed by atoms with Crippen molar-refractivity contribution in [1.82, 2.24) is 5.32 Å². The number of benzene rings is 2. The van der Waals surface area contributed by atoms with Crippen LogP contribution in [0.3, 0.4) is 0 Å². The molecule has 2 aromatic rings. The molecule has 1 aliphatic heterocycles. The van der Waals surface area contributed by atoms with Crippen LogP contribution >= 0.6 is 11.6 Å². The van der Waals surface area contributed by atoms with Gasteiger partial charge < -0.3 is 5.32 Å². The van der Waals surface area contributed by atoms with E-state index in [1.165, 1.54) is 10.5 Å².